The zero-order chi connectivity index (χ0) is 16.4. The fourth-order valence-corrected chi connectivity index (χ4v) is 3.52. The van der Waals surface area contributed by atoms with Crippen LogP contribution in [0.4, 0.5) is 0 Å². The maximum atomic E-state index is 12.8. The van der Waals surface area contributed by atoms with E-state index < -0.39 is 6.10 Å². The molecule has 1 aliphatic rings. The minimum absolute atomic E-state index is 0.0182. The van der Waals surface area contributed by atoms with Gasteiger partial charge in [-0.1, -0.05) is 18.2 Å². The molecule has 118 valence electrons. The number of rotatable bonds is 0. The standard InChI is InChI=1S/C18H13N3O3/c22-9-5-6-13-11(7-9)18(24)21-8-14(23)15-10-3-1-2-4-12(10)19-16(15)17(21)20-13/h1-7,14,19,22-23H,8H2/t14-/m1/s1. The molecule has 0 fully saturated rings. The summed E-state index contributed by atoms with van der Waals surface area (Å²) in [7, 11) is 0. The van der Waals surface area contributed by atoms with E-state index in [-0.39, 0.29) is 17.9 Å². The van der Waals surface area contributed by atoms with Crippen LogP contribution in [-0.4, -0.2) is 24.7 Å². The lowest BCUT2D eigenvalue weighted by molar-refractivity contribution is 0.153. The number of nitrogens with zero attached hydrogens (tertiary/aromatic N) is 2. The Morgan fingerprint density at radius 2 is 2.00 bits per heavy atom. The number of aromatic nitrogens is 3. The first-order chi connectivity index (χ1) is 11.6. The van der Waals surface area contributed by atoms with E-state index in [1.165, 1.54) is 16.7 Å². The molecule has 1 aliphatic heterocycles. The highest BCUT2D eigenvalue weighted by Gasteiger charge is 2.29. The summed E-state index contributed by atoms with van der Waals surface area (Å²) in [5.41, 5.74) is 2.59. The average Bonchev–Trinajstić information content (AvgIpc) is 2.97. The summed E-state index contributed by atoms with van der Waals surface area (Å²) in [5, 5.41) is 21.5. The van der Waals surface area contributed by atoms with Gasteiger partial charge >= 0.3 is 0 Å². The van der Waals surface area contributed by atoms with Crippen molar-refractivity contribution in [3.8, 4) is 17.3 Å². The van der Waals surface area contributed by atoms with Crippen LogP contribution in [0.3, 0.4) is 0 Å². The number of hydrogen-bond donors (Lipinski definition) is 3. The number of hydrogen-bond acceptors (Lipinski definition) is 4. The Bertz CT molecular complexity index is 1190. The summed E-state index contributed by atoms with van der Waals surface area (Å²) < 4.78 is 1.46. The van der Waals surface area contributed by atoms with E-state index in [0.29, 0.717) is 22.4 Å². The molecule has 0 saturated heterocycles. The Labute approximate surface area is 135 Å². The van der Waals surface area contributed by atoms with Gasteiger partial charge in [0.2, 0.25) is 0 Å². The SMILES string of the molecule is O=c1c2cc(O)ccc2nc2n1C[C@@H](O)c1c-2[nH]c2ccccc12. The second-order valence-electron chi connectivity index (χ2n) is 6.03. The van der Waals surface area contributed by atoms with Crippen LogP contribution in [-0.2, 0) is 6.54 Å². The first-order valence-corrected chi connectivity index (χ1v) is 7.66. The fourth-order valence-electron chi connectivity index (χ4n) is 3.52. The van der Waals surface area contributed by atoms with E-state index in [1.807, 2.05) is 24.3 Å². The number of aromatic amines is 1. The Balaban J connectivity index is 1.92. The number of H-pyrrole nitrogens is 1. The summed E-state index contributed by atoms with van der Waals surface area (Å²) in [4.78, 5) is 20.7. The van der Waals surface area contributed by atoms with Crippen LogP contribution in [0.5, 0.6) is 5.75 Å². The first-order valence-electron chi connectivity index (χ1n) is 7.66. The maximum Gasteiger partial charge on any atom is 0.261 e. The van der Waals surface area contributed by atoms with Gasteiger partial charge in [0.05, 0.1) is 29.2 Å². The van der Waals surface area contributed by atoms with Crippen molar-refractivity contribution in [1.82, 2.24) is 14.5 Å². The molecule has 3 heterocycles. The Morgan fingerprint density at radius 3 is 2.88 bits per heavy atom. The molecule has 0 radical (unpaired) electrons. The number of benzene rings is 2. The molecule has 3 N–H and O–H groups in total. The molecule has 0 saturated carbocycles. The molecule has 0 bridgehead atoms. The monoisotopic (exact) mass is 319 g/mol. The summed E-state index contributed by atoms with van der Waals surface area (Å²) in [5.74, 6) is 0.527. The Kier molecular flexibility index (Phi) is 2.47. The molecular formula is C18H13N3O3. The van der Waals surface area contributed by atoms with Gasteiger partial charge in [-0.05, 0) is 24.3 Å². The number of nitrogens with one attached hydrogen (secondary N) is 1. The van der Waals surface area contributed by atoms with Gasteiger partial charge < -0.3 is 15.2 Å². The quantitative estimate of drug-likeness (QED) is 0.464. The largest absolute Gasteiger partial charge is 0.508 e. The topological polar surface area (TPSA) is 91.1 Å². The normalized spacial score (nSPS) is 16.3. The van der Waals surface area contributed by atoms with Gasteiger partial charge in [0.1, 0.15) is 5.75 Å². The lowest BCUT2D eigenvalue weighted by atomic mass is 10.0. The molecule has 0 unspecified atom stereocenters. The van der Waals surface area contributed by atoms with Gasteiger partial charge in [0.25, 0.3) is 5.56 Å². The first kappa shape index (κ1) is 13.3. The maximum absolute atomic E-state index is 12.8. The van der Waals surface area contributed by atoms with Crippen molar-refractivity contribution in [2.75, 3.05) is 0 Å². The van der Waals surface area contributed by atoms with E-state index in [0.717, 1.165) is 16.5 Å². The predicted molar refractivity (Wildman–Crippen MR) is 89.9 cm³/mol. The predicted octanol–water partition coefficient (Wildman–Crippen LogP) is 2.30. The Morgan fingerprint density at radius 1 is 1.17 bits per heavy atom. The number of aromatic hydroxyl groups is 1. The highest BCUT2D eigenvalue weighted by atomic mass is 16.3. The molecule has 24 heavy (non-hydrogen) atoms. The third kappa shape index (κ3) is 1.63. The number of aliphatic hydroxyl groups excluding tert-OH is 1. The van der Waals surface area contributed by atoms with E-state index in [9.17, 15) is 15.0 Å². The molecule has 0 spiro atoms. The third-order valence-corrected chi connectivity index (χ3v) is 4.60. The van der Waals surface area contributed by atoms with Crippen LogP contribution in [0.1, 0.15) is 11.7 Å². The number of fused-ring (bicyclic) bond motifs is 6. The van der Waals surface area contributed by atoms with Crippen molar-refractivity contribution in [2.45, 2.75) is 12.6 Å². The Hall–Kier alpha value is -3.12. The smallest absolute Gasteiger partial charge is 0.261 e. The van der Waals surface area contributed by atoms with Crippen molar-refractivity contribution < 1.29 is 10.2 Å². The van der Waals surface area contributed by atoms with Crippen LogP contribution in [0.15, 0.2) is 47.3 Å². The molecule has 5 rings (SSSR count). The molecular weight excluding hydrogens is 306 g/mol. The van der Waals surface area contributed by atoms with Crippen LogP contribution in [0.25, 0.3) is 33.3 Å². The molecule has 6 heteroatoms. The zero-order valence-electron chi connectivity index (χ0n) is 12.5. The van der Waals surface area contributed by atoms with Gasteiger partial charge in [-0.3, -0.25) is 9.36 Å². The van der Waals surface area contributed by atoms with Gasteiger partial charge in [-0.15, -0.1) is 0 Å². The van der Waals surface area contributed by atoms with Crippen molar-refractivity contribution >= 4 is 21.8 Å². The third-order valence-electron chi connectivity index (χ3n) is 4.60. The summed E-state index contributed by atoms with van der Waals surface area (Å²) in [6, 6.07) is 12.3. The molecule has 0 aliphatic carbocycles. The number of phenolic OH excluding ortho intramolecular Hbond substituents is 1. The van der Waals surface area contributed by atoms with Gasteiger partial charge in [0.15, 0.2) is 5.82 Å². The minimum atomic E-state index is -0.794. The zero-order valence-corrected chi connectivity index (χ0v) is 12.5. The van der Waals surface area contributed by atoms with Crippen molar-refractivity contribution in [3.05, 3.63) is 58.4 Å². The molecule has 6 nitrogen and oxygen atoms in total. The molecule has 2 aromatic carbocycles. The van der Waals surface area contributed by atoms with Crippen LogP contribution < -0.4 is 5.56 Å². The van der Waals surface area contributed by atoms with Gasteiger partial charge in [-0.2, -0.15) is 0 Å². The number of para-hydroxylation sites is 1. The highest BCUT2D eigenvalue weighted by Crippen LogP contribution is 2.38. The molecule has 0 amide bonds. The van der Waals surface area contributed by atoms with Crippen molar-refractivity contribution in [3.63, 3.8) is 0 Å². The second kappa shape index (κ2) is 4.46. The van der Waals surface area contributed by atoms with Gasteiger partial charge in [0, 0.05) is 16.5 Å². The van der Waals surface area contributed by atoms with Crippen LogP contribution in [0.2, 0.25) is 0 Å². The number of phenols is 1. The highest BCUT2D eigenvalue weighted by molar-refractivity contribution is 5.91. The second-order valence-corrected chi connectivity index (χ2v) is 6.03. The minimum Gasteiger partial charge on any atom is -0.508 e. The van der Waals surface area contributed by atoms with Crippen LogP contribution in [0, 0.1) is 0 Å². The summed E-state index contributed by atoms with van der Waals surface area (Å²) in [6.45, 7) is 0.140. The fraction of sp³-hybridized carbons (Fsp3) is 0.111. The van der Waals surface area contributed by atoms with E-state index in [2.05, 4.69) is 9.97 Å². The average molecular weight is 319 g/mol. The van der Waals surface area contributed by atoms with E-state index in [1.54, 1.807) is 6.07 Å². The number of aliphatic hydroxyl groups is 1. The van der Waals surface area contributed by atoms with Crippen molar-refractivity contribution in [2.24, 2.45) is 0 Å². The lowest BCUT2D eigenvalue weighted by Gasteiger charge is -2.23. The van der Waals surface area contributed by atoms with Crippen molar-refractivity contribution in [1.29, 1.82) is 0 Å². The van der Waals surface area contributed by atoms with Crippen LogP contribution >= 0.6 is 0 Å². The summed E-state index contributed by atoms with van der Waals surface area (Å²) in [6.07, 6.45) is -0.794. The molecule has 1 atom stereocenters. The van der Waals surface area contributed by atoms with E-state index >= 15 is 0 Å². The van der Waals surface area contributed by atoms with Gasteiger partial charge in [-0.25, -0.2) is 4.98 Å². The summed E-state index contributed by atoms with van der Waals surface area (Å²) >= 11 is 0. The molecule has 4 aromatic rings. The van der Waals surface area contributed by atoms with E-state index in [4.69, 9.17) is 0 Å². The lowest BCUT2D eigenvalue weighted by Crippen LogP contribution is -2.29. The molecule has 2 aromatic heterocycles.